The molecule has 0 aliphatic carbocycles. The Kier molecular flexibility index (Phi) is 6.93. The van der Waals surface area contributed by atoms with Crippen LogP contribution in [-0.4, -0.2) is 48.1 Å². The van der Waals surface area contributed by atoms with Crippen molar-refractivity contribution in [2.24, 2.45) is 0 Å². The molecule has 2 N–H and O–H groups in total. The predicted octanol–water partition coefficient (Wildman–Crippen LogP) is 4.59. The van der Waals surface area contributed by atoms with Gasteiger partial charge in [0.05, 0.1) is 19.6 Å². The summed E-state index contributed by atoms with van der Waals surface area (Å²) in [5.41, 5.74) is 2.17. The second-order valence-electron chi connectivity index (χ2n) is 9.35. The van der Waals surface area contributed by atoms with E-state index in [1.807, 2.05) is 12.1 Å². The van der Waals surface area contributed by atoms with Crippen LogP contribution in [0, 0.1) is 5.82 Å². The van der Waals surface area contributed by atoms with Gasteiger partial charge in [0.25, 0.3) is 0 Å². The minimum atomic E-state index is -0.497. The van der Waals surface area contributed by atoms with E-state index < -0.39 is 5.82 Å². The molecule has 1 saturated heterocycles. The van der Waals surface area contributed by atoms with E-state index in [2.05, 4.69) is 5.32 Å². The Hall–Kier alpha value is -3.78. The maximum Gasteiger partial charge on any atom is 0.227 e. The fourth-order valence-corrected chi connectivity index (χ4v) is 5.19. The number of methoxy groups -OCH3 is 1. The minimum absolute atomic E-state index is 0.00421. The summed E-state index contributed by atoms with van der Waals surface area (Å²) < 4.78 is 25.3. The number of ether oxygens (including phenoxy) is 2. The van der Waals surface area contributed by atoms with Crippen LogP contribution in [0.1, 0.15) is 29.0 Å². The molecule has 0 spiro atoms. The minimum Gasteiger partial charge on any atom is -0.504 e. The second kappa shape index (κ2) is 10.3. The lowest BCUT2D eigenvalue weighted by Crippen LogP contribution is -2.40. The molecule has 3 aromatic carbocycles. The molecule has 4 bridgehead atoms. The van der Waals surface area contributed by atoms with Crippen molar-refractivity contribution in [1.29, 1.82) is 0 Å². The zero-order chi connectivity index (χ0) is 26.1. The number of hydrogen-bond donors (Lipinski definition) is 2. The van der Waals surface area contributed by atoms with Gasteiger partial charge in [0.1, 0.15) is 5.82 Å². The Labute approximate surface area is 218 Å². The van der Waals surface area contributed by atoms with E-state index in [0.29, 0.717) is 36.6 Å². The molecule has 0 unspecified atom stereocenters. The van der Waals surface area contributed by atoms with Crippen molar-refractivity contribution in [3.05, 3.63) is 82.1 Å². The van der Waals surface area contributed by atoms with E-state index in [4.69, 9.17) is 21.1 Å². The highest BCUT2D eigenvalue weighted by Gasteiger charge is 2.37. The van der Waals surface area contributed by atoms with E-state index in [-0.39, 0.29) is 53.1 Å². The van der Waals surface area contributed by atoms with Crippen LogP contribution in [0.4, 0.5) is 4.39 Å². The number of carbonyl (C=O) groups is 2. The fraction of sp³-hybridized carbons (Fsp3) is 0.286. The molecule has 1 fully saturated rings. The van der Waals surface area contributed by atoms with Gasteiger partial charge in [-0.15, -0.1) is 0 Å². The smallest absolute Gasteiger partial charge is 0.227 e. The van der Waals surface area contributed by atoms with Crippen LogP contribution in [0.5, 0.6) is 23.0 Å². The summed E-state index contributed by atoms with van der Waals surface area (Å²) in [5, 5.41) is 13.7. The van der Waals surface area contributed by atoms with Gasteiger partial charge in [0.15, 0.2) is 23.0 Å². The van der Waals surface area contributed by atoms with Gasteiger partial charge in [-0.1, -0.05) is 23.7 Å². The summed E-state index contributed by atoms with van der Waals surface area (Å²) in [6, 6.07) is 14.2. The number of nitrogens with zero attached hydrogens (tertiary/aromatic N) is 1. The number of nitrogens with one attached hydrogen (secondary N) is 1. The molecule has 2 aliphatic heterocycles. The van der Waals surface area contributed by atoms with E-state index in [9.17, 15) is 19.1 Å². The third-order valence-electron chi connectivity index (χ3n) is 6.80. The molecule has 9 heteroatoms. The van der Waals surface area contributed by atoms with E-state index in [1.165, 1.54) is 19.2 Å². The van der Waals surface area contributed by atoms with Crippen molar-refractivity contribution < 1.29 is 28.6 Å². The molecule has 0 saturated carbocycles. The number of fused-ring (bicyclic) bond motifs is 6. The van der Waals surface area contributed by atoms with Gasteiger partial charge in [0, 0.05) is 30.5 Å². The van der Waals surface area contributed by atoms with Crippen LogP contribution in [0.25, 0.3) is 0 Å². The number of hydrogen-bond acceptors (Lipinski definition) is 5. The molecule has 0 radical (unpaired) electrons. The summed E-state index contributed by atoms with van der Waals surface area (Å²) in [6.45, 7) is 0.673. The number of benzene rings is 3. The Morgan fingerprint density at radius 2 is 1.97 bits per heavy atom. The van der Waals surface area contributed by atoms with Crippen molar-refractivity contribution in [1.82, 2.24) is 10.2 Å². The Morgan fingerprint density at radius 1 is 1.14 bits per heavy atom. The lowest BCUT2D eigenvalue weighted by atomic mass is 9.93. The highest BCUT2D eigenvalue weighted by Crippen LogP contribution is 2.40. The average Bonchev–Trinajstić information content (AvgIpc) is 3.27. The maximum absolute atomic E-state index is 13.8. The summed E-state index contributed by atoms with van der Waals surface area (Å²) >= 11 is 5.96. The SMILES string of the molecule is COc1ccc2cc1Oc1cc(ccc1O)CCC(=O)N[C@@H]1CN(C(=O)Cc3cc(F)cc(Cl)c3)C[C@@H]21. The molecule has 192 valence electrons. The summed E-state index contributed by atoms with van der Waals surface area (Å²) in [7, 11) is 1.53. The monoisotopic (exact) mass is 524 g/mol. The number of aromatic hydroxyl groups is 1. The topological polar surface area (TPSA) is 88.1 Å². The number of aryl methyl sites for hydroxylation is 1. The normalized spacial score (nSPS) is 19.0. The van der Waals surface area contributed by atoms with Crippen LogP contribution < -0.4 is 14.8 Å². The first-order valence-corrected chi connectivity index (χ1v) is 12.4. The first-order valence-electron chi connectivity index (χ1n) is 12.0. The Balaban J connectivity index is 1.46. The zero-order valence-electron chi connectivity index (χ0n) is 20.2. The molecule has 2 aliphatic rings. The molecule has 0 aromatic heterocycles. The lowest BCUT2D eigenvalue weighted by molar-refractivity contribution is -0.130. The molecule has 7 nitrogen and oxygen atoms in total. The highest BCUT2D eigenvalue weighted by atomic mass is 35.5. The molecular weight excluding hydrogens is 499 g/mol. The molecular formula is C28H26ClFN2O5. The van der Waals surface area contributed by atoms with E-state index >= 15 is 0 Å². The largest absolute Gasteiger partial charge is 0.504 e. The number of phenols is 1. The van der Waals surface area contributed by atoms with Crippen LogP contribution in [-0.2, 0) is 22.4 Å². The van der Waals surface area contributed by atoms with Crippen molar-refractivity contribution in [2.75, 3.05) is 20.2 Å². The number of carbonyl (C=O) groups excluding carboxylic acids is 2. The van der Waals surface area contributed by atoms with Gasteiger partial charge >= 0.3 is 0 Å². The zero-order valence-corrected chi connectivity index (χ0v) is 20.9. The van der Waals surface area contributed by atoms with Gasteiger partial charge < -0.3 is 24.8 Å². The number of phenolic OH excluding ortho intramolecular Hbond substituents is 1. The van der Waals surface area contributed by atoms with Crippen LogP contribution in [0.3, 0.4) is 0 Å². The molecule has 37 heavy (non-hydrogen) atoms. The number of amides is 2. The van der Waals surface area contributed by atoms with Crippen LogP contribution in [0.15, 0.2) is 54.6 Å². The standard InChI is InChI=1S/C28H26ClFN2O5/c1-36-24-6-4-18-12-26(24)37-25-10-16(2-5-23(25)33)3-7-27(34)31-22-15-32(14-21(18)22)28(35)11-17-8-19(29)13-20(30)9-17/h2,4-6,8-10,12-13,21-22,33H,3,7,11,14-15H2,1H3,(H,31,34)/t21-,22+/m0/s1. The van der Waals surface area contributed by atoms with Crippen molar-refractivity contribution in [2.45, 2.75) is 31.2 Å². The predicted molar refractivity (Wildman–Crippen MR) is 136 cm³/mol. The molecule has 2 amide bonds. The highest BCUT2D eigenvalue weighted by molar-refractivity contribution is 6.30. The van der Waals surface area contributed by atoms with Crippen LogP contribution in [0.2, 0.25) is 5.02 Å². The van der Waals surface area contributed by atoms with Gasteiger partial charge in [-0.2, -0.15) is 0 Å². The average molecular weight is 525 g/mol. The molecule has 2 heterocycles. The summed E-state index contributed by atoms with van der Waals surface area (Å²) in [5.74, 6) is 0.107. The summed E-state index contributed by atoms with van der Waals surface area (Å²) in [6.07, 6.45) is 0.692. The Bertz CT molecular complexity index is 1340. The fourth-order valence-electron chi connectivity index (χ4n) is 4.95. The first-order chi connectivity index (χ1) is 17.8. The number of halogens is 2. The van der Waals surface area contributed by atoms with Crippen LogP contribution >= 0.6 is 11.6 Å². The second-order valence-corrected chi connectivity index (χ2v) is 9.78. The van der Waals surface area contributed by atoms with Gasteiger partial charge in [0.2, 0.25) is 11.8 Å². The van der Waals surface area contributed by atoms with Crippen molar-refractivity contribution >= 4 is 23.4 Å². The molecule has 5 rings (SSSR count). The first kappa shape index (κ1) is 24.9. The third kappa shape index (κ3) is 5.49. The molecule has 3 aromatic rings. The lowest BCUT2D eigenvalue weighted by Gasteiger charge is -2.21. The summed E-state index contributed by atoms with van der Waals surface area (Å²) in [4.78, 5) is 27.7. The van der Waals surface area contributed by atoms with Gasteiger partial charge in [-0.05, 0) is 65.6 Å². The number of rotatable bonds is 3. The quantitative estimate of drug-likeness (QED) is 0.523. The Morgan fingerprint density at radius 3 is 2.76 bits per heavy atom. The van der Waals surface area contributed by atoms with Crippen molar-refractivity contribution in [3.8, 4) is 23.0 Å². The third-order valence-corrected chi connectivity index (χ3v) is 7.02. The van der Waals surface area contributed by atoms with E-state index in [0.717, 1.165) is 11.1 Å². The maximum atomic E-state index is 13.8. The van der Waals surface area contributed by atoms with Gasteiger partial charge in [-0.3, -0.25) is 9.59 Å². The van der Waals surface area contributed by atoms with E-state index in [1.54, 1.807) is 35.2 Å². The van der Waals surface area contributed by atoms with Gasteiger partial charge in [-0.25, -0.2) is 4.39 Å². The van der Waals surface area contributed by atoms with Crippen molar-refractivity contribution in [3.63, 3.8) is 0 Å². The number of likely N-dealkylation sites (tertiary alicyclic amines) is 1. The molecule has 2 atom stereocenters.